The van der Waals surface area contributed by atoms with Crippen LogP contribution >= 0.6 is 0 Å². The van der Waals surface area contributed by atoms with Crippen molar-refractivity contribution in [2.24, 2.45) is 0 Å². The second-order valence-electron chi connectivity index (χ2n) is 16.2. The summed E-state index contributed by atoms with van der Waals surface area (Å²) in [5.41, 5.74) is -4.04. The first kappa shape index (κ1) is 42.1. The number of benzene rings is 2. The van der Waals surface area contributed by atoms with Gasteiger partial charge in [-0.15, -0.1) is 0 Å². The van der Waals surface area contributed by atoms with Crippen LogP contribution in [-0.2, 0) is 42.7 Å². The normalized spacial score (nSPS) is 35.0. The van der Waals surface area contributed by atoms with Gasteiger partial charge in [-0.2, -0.15) is 0 Å². The van der Waals surface area contributed by atoms with Crippen LogP contribution in [0.3, 0.4) is 0 Å². The van der Waals surface area contributed by atoms with Crippen LogP contribution < -0.4 is 0 Å². The number of Topliss-reactive ketones (excluding diaryl/α,β-unsaturated/α-hetero) is 1. The molecule has 1 unspecified atom stereocenters. The number of rotatable bonds is 9. The van der Waals surface area contributed by atoms with Gasteiger partial charge in [0.1, 0.15) is 35.4 Å². The number of phenols is 3. The SMILES string of the molecule is CC[C@@]1(O)C[C@H](O[C@H]2C[C@H](N(C)C)[C@H](O[C@H]3CC[C@H](O[C@H]4CCC(=O)[C@H](C)O4)[C@H](C)O3)[C@H](C)O2)c2c(O)c3c(c(O)c2C1C(=O)OC)C(=O)c1cccc(O)c1C3=O. The molecule has 58 heavy (non-hydrogen) atoms. The predicted octanol–water partition coefficient (Wildman–Crippen LogP) is 3.89. The van der Waals surface area contributed by atoms with Crippen molar-refractivity contribution in [2.45, 2.75) is 146 Å². The third kappa shape index (κ3) is 7.31. The number of likely N-dealkylation sites (N-methyl/N-ethyl adjacent to an activating group) is 1. The molecule has 0 amide bonds. The number of ether oxygens (including phenoxy) is 7. The molecular formula is C42H53NO15. The van der Waals surface area contributed by atoms with Crippen LogP contribution in [0, 0.1) is 0 Å². The standard InChI is InChI=1S/C42H53NO15/c1-8-42(51)17-26(31-32(35(42)41(50)52-7)39(49)33-34(38(31)48)37(47)30-21(36(33)46)10-9-11-24(30)45)57-29-16-22(43(5)6)40(20(4)55-29)58-28-15-13-25(19(3)54-28)56-27-14-12-23(44)18(2)53-27/h9-11,18-20,22,25-29,35,40,45,48-49,51H,8,12-17H2,1-7H3/t18-,19-,20-,22-,25-,26-,27-,28-,29-,35?,40+,42+/m0/s1. The van der Waals surface area contributed by atoms with Crippen molar-refractivity contribution < 1.29 is 72.8 Å². The maximum absolute atomic E-state index is 14.0. The Morgan fingerprint density at radius 1 is 0.845 bits per heavy atom. The molecule has 2 aromatic carbocycles. The number of hydrogen-bond acceptors (Lipinski definition) is 16. The molecule has 16 nitrogen and oxygen atoms in total. The summed E-state index contributed by atoms with van der Waals surface area (Å²) >= 11 is 0. The van der Waals surface area contributed by atoms with E-state index >= 15 is 0 Å². The molecule has 4 N–H and O–H groups in total. The van der Waals surface area contributed by atoms with Crippen molar-refractivity contribution in [3.8, 4) is 17.2 Å². The molecule has 12 atom stereocenters. The minimum Gasteiger partial charge on any atom is -0.507 e. The largest absolute Gasteiger partial charge is 0.507 e. The van der Waals surface area contributed by atoms with Crippen LogP contribution in [0.1, 0.15) is 128 Å². The molecule has 3 fully saturated rings. The van der Waals surface area contributed by atoms with Crippen LogP contribution in [-0.4, -0.2) is 131 Å². The van der Waals surface area contributed by atoms with Gasteiger partial charge in [0, 0.05) is 54.8 Å². The highest BCUT2D eigenvalue weighted by atomic mass is 16.7. The zero-order valence-electron chi connectivity index (χ0n) is 33.8. The van der Waals surface area contributed by atoms with E-state index in [1.807, 2.05) is 32.8 Å². The summed E-state index contributed by atoms with van der Waals surface area (Å²) in [5.74, 6) is -6.23. The topological polar surface area (TPSA) is 217 Å². The van der Waals surface area contributed by atoms with E-state index < -0.39 is 101 Å². The van der Waals surface area contributed by atoms with Gasteiger partial charge >= 0.3 is 5.97 Å². The zero-order chi connectivity index (χ0) is 42.0. The van der Waals surface area contributed by atoms with Crippen LogP contribution in [0.15, 0.2) is 18.2 Å². The van der Waals surface area contributed by atoms with Gasteiger partial charge in [0.25, 0.3) is 0 Å². The number of aliphatic hydroxyl groups is 1. The van der Waals surface area contributed by atoms with Crippen molar-refractivity contribution in [1.82, 2.24) is 4.90 Å². The van der Waals surface area contributed by atoms with Gasteiger partial charge in [0.2, 0.25) is 5.78 Å². The summed E-state index contributed by atoms with van der Waals surface area (Å²) < 4.78 is 42.9. The lowest BCUT2D eigenvalue weighted by atomic mass is 9.66. The average molecular weight is 812 g/mol. The second kappa shape index (κ2) is 16.2. The predicted molar refractivity (Wildman–Crippen MR) is 202 cm³/mol. The summed E-state index contributed by atoms with van der Waals surface area (Å²) in [7, 11) is 4.89. The Morgan fingerprint density at radius 3 is 2.17 bits per heavy atom. The van der Waals surface area contributed by atoms with E-state index in [-0.39, 0.29) is 65.5 Å². The monoisotopic (exact) mass is 811 g/mol. The minimum absolute atomic E-state index is 0.0245. The molecule has 0 aromatic heterocycles. The Hall–Kier alpha value is -4.00. The van der Waals surface area contributed by atoms with Gasteiger partial charge in [-0.25, -0.2) is 0 Å². The summed E-state index contributed by atoms with van der Waals surface area (Å²) in [6, 6.07) is 3.61. The molecule has 7 rings (SSSR count). The number of fused-ring (bicyclic) bond motifs is 3. The number of aromatic hydroxyl groups is 3. The number of methoxy groups -OCH3 is 1. The molecular weight excluding hydrogens is 758 g/mol. The molecule has 0 spiro atoms. The fourth-order valence-electron chi connectivity index (χ4n) is 9.29. The highest BCUT2D eigenvalue weighted by molar-refractivity contribution is 6.31. The van der Waals surface area contributed by atoms with Crippen LogP contribution in [0.5, 0.6) is 17.2 Å². The maximum atomic E-state index is 14.0. The Bertz CT molecular complexity index is 1970. The van der Waals surface area contributed by atoms with E-state index in [4.69, 9.17) is 33.2 Å². The number of hydrogen-bond donors (Lipinski definition) is 4. The van der Waals surface area contributed by atoms with E-state index in [1.54, 1.807) is 13.8 Å². The van der Waals surface area contributed by atoms with Gasteiger partial charge in [0.15, 0.2) is 30.4 Å². The molecule has 3 aliphatic heterocycles. The molecule has 2 aliphatic carbocycles. The summed E-state index contributed by atoms with van der Waals surface area (Å²) in [4.78, 5) is 55.2. The minimum atomic E-state index is -1.90. The lowest BCUT2D eigenvalue weighted by molar-refractivity contribution is -0.311. The van der Waals surface area contributed by atoms with Crippen LogP contribution in [0.25, 0.3) is 0 Å². The summed E-state index contributed by atoms with van der Waals surface area (Å²) in [6.07, 6.45) is -3.45. The van der Waals surface area contributed by atoms with E-state index in [0.29, 0.717) is 25.7 Å². The van der Waals surface area contributed by atoms with E-state index in [2.05, 4.69) is 0 Å². The molecule has 3 heterocycles. The summed E-state index contributed by atoms with van der Waals surface area (Å²) in [6.45, 7) is 7.10. The first-order valence-corrected chi connectivity index (χ1v) is 19.9. The molecule has 0 bridgehead atoms. The number of esters is 1. The first-order valence-electron chi connectivity index (χ1n) is 19.9. The van der Waals surface area contributed by atoms with Gasteiger partial charge in [-0.05, 0) is 53.8 Å². The average Bonchev–Trinajstić information content (AvgIpc) is 3.17. The fourth-order valence-corrected chi connectivity index (χ4v) is 9.29. The highest BCUT2D eigenvalue weighted by Gasteiger charge is 2.55. The van der Waals surface area contributed by atoms with Crippen molar-refractivity contribution in [3.05, 3.63) is 51.6 Å². The number of nitrogens with zero attached hydrogens (tertiary/aromatic N) is 1. The Morgan fingerprint density at radius 2 is 1.52 bits per heavy atom. The molecule has 0 radical (unpaired) electrons. The maximum Gasteiger partial charge on any atom is 0.316 e. The van der Waals surface area contributed by atoms with Crippen molar-refractivity contribution in [2.75, 3.05) is 21.2 Å². The molecule has 3 saturated heterocycles. The van der Waals surface area contributed by atoms with Crippen LogP contribution in [0.2, 0.25) is 0 Å². The zero-order valence-corrected chi connectivity index (χ0v) is 33.8. The smallest absolute Gasteiger partial charge is 0.316 e. The quantitative estimate of drug-likeness (QED) is 0.178. The molecule has 5 aliphatic rings. The molecule has 316 valence electrons. The Labute approximate surface area is 336 Å². The van der Waals surface area contributed by atoms with Gasteiger partial charge in [0.05, 0.1) is 53.8 Å². The molecule has 0 saturated carbocycles. The fraction of sp³-hybridized carbons (Fsp3) is 0.619. The van der Waals surface area contributed by atoms with Crippen molar-refractivity contribution in [3.63, 3.8) is 0 Å². The van der Waals surface area contributed by atoms with E-state index in [0.717, 1.165) is 7.11 Å². The first-order chi connectivity index (χ1) is 27.5. The van der Waals surface area contributed by atoms with Crippen LogP contribution in [0.4, 0.5) is 0 Å². The number of carbonyl (C=O) groups excluding carboxylic acids is 4. The second-order valence-corrected chi connectivity index (χ2v) is 16.2. The number of ketones is 3. The Balaban J connectivity index is 1.15. The molecule has 16 heteroatoms. The van der Waals surface area contributed by atoms with E-state index in [9.17, 15) is 39.6 Å². The van der Waals surface area contributed by atoms with Gasteiger partial charge in [-0.1, -0.05) is 19.1 Å². The van der Waals surface area contributed by atoms with Gasteiger partial charge < -0.3 is 58.5 Å². The molecule has 2 aromatic rings. The van der Waals surface area contributed by atoms with Crippen molar-refractivity contribution >= 4 is 23.3 Å². The third-order valence-corrected chi connectivity index (χ3v) is 12.5. The van der Waals surface area contributed by atoms with Gasteiger partial charge in [-0.3, -0.25) is 19.2 Å². The lowest BCUT2D eigenvalue weighted by Gasteiger charge is -2.48. The highest BCUT2D eigenvalue weighted by Crippen LogP contribution is 2.57. The summed E-state index contributed by atoms with van der Waals surface area (Å²) in [5, 5.41) is 46.7. The third-order valence-electron chi connectivity index (χ3n) is 12.5. The number of carbonyl (C=O) groups is 4. The van der Waals surface area contributed by atoms with E-state index in [1.165, 1.54) is 18.2 Å². The number of phenolic OH excluding ortho intramolecular Hbond substituents is 3. The van der Waals surface area contributed by atoms with Crippen molar-refractivity contribution in [1.29, 1.82) is 0 Å². The lowest BCUT2D eigenvalue weighted by Crippen LogP contribution is -2.57. The Kier molecular flexibility index (Phi) is 11.8.